The van der Waals surface area contributed by atoms with Gasteiger partial charge in [0.15, 0.2) is 0 Å². The van der Waals surface area contributed by atoms with Crippen LogP contribution in [0.1, 0.15) is 47.0 Å². The van der Waals surface area contributed by atoms with Crippen molar-refractivity contribution in [1.29, 1.82) is 0 Å². The zero-order chi connectivity index (χ0) is 12.0. The summed E-state index contributed by atoms with van der Waals surface area (Å²) >= 11 is 0. The zero-order valence-corrected chi connectivity index (χ0v) is 11.6. The number of likely N-dealkylation sites (N-methyl/N-ethyl adjacent to an activating group) is 1. The molecule has 1 saturated carbocycles. The van der Waals surface area contributed by atoms with Crippen LogP contribution in [0.2, 0.25) is 0 Å². The molecule has 1 aliphatic carbocycles. The van der Waals surface area contributed by atoms with E-state index >= 15 is 0 Å². The highest BCUT2D eigenvalue weighted by atomic mass is 15.1. The second-order valence-electron chi connectivity index (χ2n) is 5.64. The van der Waals surface area contributed by atoms with Crippen LogP contribution in [-0.2, 0) is 0 Å². The van der Waals surface area contributed by atoms with Crippen molar-refractivity contribution in [3.05, 3.63) is 0 Å². The predicted molar refractivity (Wildman–Crippen MR) is 71.8 cm³/mol. The summed E-state index contributed by atoms with van der Waals surface area (Å²) in [7, 11) is 0. The highest BCUT2D eigenvalue weighted by Crippen LogP contribution is 2.33. The topological polar surface area (TPSA) is 15.3 Å². The van der Waals surface area contributed by atoms with Crippen LogP contribution in [-0.4, -0.2) is 37.1 Å². The normalized spacial score (nSPS) is 18.4. The van der Waals surface area contributed by atoms with E-state index in [0.29, 0.717) is 0 Å². The molecule has 0 aromatic rings. The lowest BCUT2D eigenvalue weighted by Gasteiger charge is -2.28. The molecule has 16 heavy (non-hydrogen) atoms. The molecule has 0 aliphatic heterocycles. The molecular weight excluding hydrogens is 196 g/mol. The molecule has 1 atom stereocenters. The Hall–Kier alpha value is -0.0800. The van der Waals surface area contributed by atoms with Crippen LogP contribution < -0.4 is 5.32 Å². The first-order valence-electron chi connectivity index (χ1n) is 7.13. The third kappa shape index (κ3) is 5.31. The maximum Gasteiger partial charge on any atom is 0.0223 e. The molecule has 0 heterocycles. The molecule has 0 spiro atoms. The Morgan fingerprint density at radius 2 is 1.88 bits per heavy atom. The highest BCUT2D eigenvalue weighted by molar-refractivity contribution is 4.88. The van der Waals surface area contributed by atoms with Crippen molar-refractivity contribution in [3.8, 4) is 0 Å². The van der Waals surface area contributed by atoms with Crippen LogP contribution >= 0.6 is 0 Å². The summed E-state index contributed by atoms with van der Waals surface area (Å²) in [5, 5.41) is 3.73. The predicted octanol–water partition coefficient (Wildman–Crippen LogP) is 2.74. The Morgan fingerprint density at radius 3 is 2.31 bits per heavy atom. The van der Waals surface area contributed by atoms with Crippen molar-refractivity contribution in [2.24, 2.45) is 11.8 Å². The summed E-state index contributed by atoms with van der Waals surface area (Å²) in [5.74, 6) is 1.75. The van der Waals surface area contributed by atoms with E-state index in [9.17, 15) is 0 Å². The van der Waals surface area contributed by atoms with E-state index in [1.807, 2.05) is 0 Å². The van der Waals surface area contributed by atoms with Crippen LogP contribution in [0.5, 0.6) is 0 Å². The van der Waals surface area contributed by atoms with E-state index in [1.165, 1.54) is 45.4 Å². The first-order valence-corrected chi connectivity index (χ1v) is 7.13. The van der Waals surface area contributed by atoms with E-state index in [0.717, 1.165) is 17.9 Å². The number of rotatable bonds is 9. The van der Waals surface area contributed by atoms with Gasteiger partial charge in [-0.25, -0.2) is 0 Å². The number of hydrogen-bond acceptors (Lipinski definition) is 2. The smallest absolute Gasteiger partial charge is 0.0223 e. The van der Waals surface area contributed by atoms with Gasteiger partial charge in [0.25, 0.3) is 0 Å². The van der Waals surface area contributed by atoms with Gasteiger partial charge in [-0.15, -0.1) is 0 Å². The average Bonchev–Trinajstić information content (AvgIpc) is 3.05. The van der Waals surface area contributed by atoms with Gasteiger partial charge in [-0.05, 0) is 44.2 Å². The van der Waals surface area contributed by atoms with Crippen LogP contribution in [0.25, 0.3) is 0 Å². The van der Waals surface area contributed by atoms with Crippen LogP contribution in [0.3, 0.4) is 0 Å². The summed E-state index contributed by atoms with van der Waals surface area (Å²) in [5.41, 5.74) is 0. The van der Waals surface area contributed by atoms with Gasteiger partial charge < -0.3 is 10.2 Å². The fourth-order valence-corrected chi connectivity index (χ4v) is 2.34. The van der Waals surface area contributed by atoms with E-state index < -0.39 is 0 Å². The molecule has 1 fully saturated rings. The Bertz CT molecular complexity index is 176. The Morgan fingerprint density at radius 1 is 1.19 bits per heavy atom. The van der Waals surface area contributed by atoms with Crippen molar-refractivity contribution in [1.82, 2.24) is 10.2 Å². The first kappa shape index (κ1) is 14.0. The molecule has 0 amide bonds. The van der Waals surface area contributed by atoms with Crippen molar-refractivity contribution in [2.75, 3.05) is 26.2 Å². The SMILES string of the molecule is CCCNC(CN(CC)CC(C)C)C1CC1. The van der Waals surface area contributed by atoms with Crippen molar-refractivity contribution >= 4 is 0 Å². The Kier molecular flexibility index (Phi) is 6.37. The first-order chi connectivity index (χ1) is 7.67. The molecule has 1 N–H and O–H groups in total. The quantitative estimate of drug-likeness (QED) is 0.650. The maximum absolute atomic E-state index is 3.73. The molecule has 2 nitrogen and oxygen atoms in total. The largest absolute Gasteiger partial charge is 0.312 e. The molecule has 1 rings (SSSR count). The van der Waals surface area contributed by atoms with Gasteiger partial charge in [-0.2, -0.15) is 0 Å². The van der Waals surface area contributed by atoms with Gasteiger partial charge >= 0.3 is 0 Å². The van der Waals surface area contributed by atoms with E-state index in [4.69, 9.17) is 0 Å². The summed E-state index contributed by atoms with van der Waals surface area (Å²) in [6.07, 6.45) is 4.14. The lowest BCUT2D eigenvalue weighted by Crippen LogP contribution is -2.43. The van der Waals surface area contributed by atoms with Crippen LogP contribution in [0, 0.1) is 11.8 Å². The van der Waals surface area contributed by atoms with Crippen molar-refractivity contribution in [3.63, 3.8) is 0 Å². The van der Waals surface area contributed by atoms with E-state index in [-0.39, 0.29) is 0 Å². The molecule has 0 radical (unpaired) electrons. The van der Waals surface area contributed by atoms with Gasteiger partial charge in [0.05, 0.1) is 0 Å². The summed E-state index contributed by atoms with van der Waals surface area (Å²) in [4.78, 5) is 2.61. The number of hydrogen-bond donors (Lipinski definition) is 1. The van der Waals surface area contributed by atoms with Crippen molar-refractivity contribution in [2.45, 2.75) is 53.0 Å². The highest BCUT2D eigenvalue weighted by Gasteiger charge is 2.31. The minimum absolute atomic E-state index is 0.749. The lowest BCUT2D eigenvalue weighted by molar-refractivity contribution is 0.218. The molecule has 2 heteroatoms. The van der Waals surface area contributed by atoms with Crippen molar-refractivity contribution < 1.29 is 0 Å². The Balaban J connectivity index is 2.32. The second-order valence-corrected chi connectivity index (χ2v) is 5.64. The minimum atomic E-state index is 0.749. The molecular formula is C14H30N2. The van der Waals surface area contributed by atoms with Gasteiger partial charge in [0, 0.05) is 19.1 Å². The lowest BCUT2D eigenvalue weighted by atomic mass is 10.1. The monoisotopic (exact) mass is 226 g/mol. The minimum Gasteiger partial charge on any atom is -0.312 e. The molecule has 0 bridgehead atoms. The average molecular weight is 226 g/mol. The van der Waals surface area contributed by atoms with Crippen LogP contribution in [0.15, 0.2) is 0 Å². The second kappa shape index (κ2) is 7.29. The number of nitrogens with zero attached hydrogens (tertiary/aromatic N) is 1. The number of nitrogens with one attached hydrogen (secondary N) is 1. The standard InChI is InChI=1S/C14H30N2/c1-5-9-15-14(13-7-8-13)11-16(6-2)10-12(3)4/h12-15H,5-11H2,1-4H3. The fraction of sp³-hybridized carbons (Fsp3) is 1.00. The fourth-order valence-electron chi connectivity index (χ4n) is 2.34. The van der Waals surface area contributed by atoms with Gasteiger partial charge in [-0.1, -0.05) is 27.7 Å². The molecule has 96 valence electrons. The molecule has 1 unspecified atom stereocenters. The third-order valence-corrected chi connectivity index (χ3v) is 3.37. The van der Waals surface area contributed by atoms with Gasteiger partial charge in [0.2, 0.25) is 0 Å². The van der Waals surface area contributed by atoms with E-state index in [1.54, 1.807) is 0 Å². The van der Waals surface area contributed by atoms with Crippen LogP contribution in [0.4, 0.5) is 0 Å². The molecule has 0 aromatic heterocycles. The zero-order valence-electron chi connectivity index (χ0n) is 11.6. The van der Waals surface area contributed by atoms with E-state index in [2.05, 4.69) is 37.9 Å². The molecule has 0 saturated heterocycles. The van der Waals surface area contributed by atoms with Gasteiger partial charge in [0.1, 0.15) is 0 Å². The summed E-state index contributed by atoms with van der Waals surface area (Å²) in [6.45, 7) is 14.0. The summed E-state index contributed by atoms with van der Waals surface area (Å²) < 4.78 is 0. The molecule has 0 aromatic carbocycles. The maximum atomic E-state index is 3.73. The third-order valence-electron chi connectivity index (χ3n) is 3.37. The van der Waals surface area contributed by atoms with Gasteiger partial charge in [-0.3, -0.25) is 0 Å². The summed E-state index contributed by atoms with van der Waals surface area (Å²) in [6, 6.07) is 0.749. The Labute approximate surface area is 102 Å². The molecule has 1 aliphatic rings.